The number of rotatable bonds is 5. The molecule has 0 spiro atoms. The summed E-state index contributed by atoms with van der Waals surface area (Å²) in [5, 5.41) is 17.2. The van der Waals surface area contributed by atoms with Crippen molar-refractivity contribution in [3.05, 3.63) is 34.4 Å². The van der Waals surface area contributed by atoms with E-state index in [1.807, 2.05) is 0 Å². The third kappa shape index (κ3) is 4.85. The summed E-state index contributed by atoms with van der Waals surface area (Å²) < 4.78 is 0. The van der Waals surface area contributed by atoms with Crippen molar-refractivity contribution in [2.75, 3.05) is 31.6 Å². The van der Waals surface area contributed by atoms with Crippen LogP contribution < -0.4 is 15.5 Å². The highest BCUT2D eigenvalue weighted by atomic mass is 35.5. The third-order valence-corrected chi connectivity index (χ3v) is 3.53. The standard InChI is InChI=1S/C14H20N4O3.ClH/c1-17(12-6-2-3-7-13(12)18(20)21)10-14(19)16-11-5-4-8-15-9-11;/h2-3,6-7,11,15H,4-5,8-10H2,1H3,(H,16,19);1H/t11-;/m0./s1. The molecule has 0 saturated carbocycles. The Hall–Kier alpha value is -1.86. The molecule has 1 aromatic carbocycles. The number of likely N-dealkylation sites (N-methyl/N-ethyl adjacent to an activating group) is 1. The van der Waals surface area contributed by atoms with E-state index >= 15 is 0 Å². The lowest BCUT2D eigenvalue weighted by molar-refractivity contribution is -0.384. The van der Waals surface area contributed by atoms with Gasteiger partial charge in [-0.2, -0.15) is 0 Å². The van der Waals surface area contributed by atoms with Crippen LogP contribution in [0.15, 0.2) is 24.3 Å². The number of nitrogens with one attached hydrogen (secondary N) is 2. The van der Waals surface area contributed by atoms with Crippen LogP contribution in [0.2, 0.25) is 0 Å². The molecule has 22 heavy (non-hydrogen) atoms. The third-order valence-electron chi connectivity index (χ3n) is 3.53. The number of anilines is 1. The topological polar surface area (TPSA) is 87.5 Å². The van der Waals surface area contributed by atoms with Crippen molar-refractivity contribution in [3.63, 3.8) is 0 Å². The Morgan fingerprint density at radius 2 is 2.23 bits per heavy atom. The normalized spacial score (nSPS) is 17.2. The number of halogens is 1. The number of carbonyl (C=O) groups excluding carboxylic acids is 1. The number of para-hydroxylation sites is 2. The van der Waals surface area contributed by atoms with Crippen molar-refractivity contribution in [1.82, 2.24) is 10.6 Å². The number of nitrogens with zero attached hydrogens (tertiary/aromatic N) is 2. The second-order valence-corrected chi connectivity index (χ2v) is 5.21. The van der Waals surface area contributed by atoms with Crippen LogP contribution in [0.3, 0.4) is 0 Å². The van der Waals surface area contributed by atoms with Crippen molar-refractivity contribution in [2.24, 2.45) is 0 Å². The Labute approximate surface area is 135 Å². The maximum absolute atomic E-state index is 12.0. The van der Waals surface area contributed by atoms with Gasteiger partial charge in [0.15, 0.2) is 0 Å². The van der Waals surface area contributed by atoms with Crippen LogP contribution in [0, 0.1) is 10.1 Å². The Kier molecular flexibility index (Phi) is 7.07. The Morgan fingerprint density at radius 3 is 2.86 bits per heavy atom. The largest absolute Gasteiger partial charge is 0.360 e. The van der Waals surface area contributed by atoms with Gasteiger partial charge in [0, 0.05) is 25.7 Å². The molecule has 0 aromatic heterocycles. The monoisotopic (exact) mass is 328 g/mol. The zero-order valence-corrected chi connectivity index (χ0v) is 13.3. The number of amides is 1. The molecule has 1 amide bonds. The van der Waals surface area contributed by atoms with E-state index in [-0.39, 0.29) is 36.6 Å². The molecule has 0 radical (unpaired) electrons. The van der Waals surface area contributed by atoms with Crippen molar-refractivity contribution in [1.29, 1.82) is 0 Å². The van der Waals surface area contributed by atoms with E-state index in [1.54, 1.807) is 30.1 Å². The summed E-state index contributed by atoms with van der Waals surface area (Å²) in [5.74, 6) is -0.121. The number of hydrogen-bond donors (Lipinski definition) is 2. The molecular formula is C14H21ClN4O3. The fraction of sp³-hybridized carbons (Fsp3) is 0.500. The van der Waals surface area contributed by atoms with Crippen LogP contribution in [0.25, 0.3) is 0 Å². The number of nitro benzene ring substituents is 1. The van der Waals surface area contributed by atoms with Gasteiger partial charge in [-0.1, -0.05) is 12.1 Å². The average Bonchev–Trinajstić information content (AvgIpc) is 2.48. The fourth-order valence-electron chi connectivity index (χ4n) is 2.49. The van der Waals surface area contributed by atoms with E-state index in [0.29, 0.717) is 5.69 Å². The first-order valence-electron chi connectivity index (χ1n) is 7.02. The van der Waals surface area contributed by atoms with Gasteiger partial charge in [-0.15, -0.1) is 12.4 Å². The molecule has 8 heteroatoms. The van der Waals surface area contributed by atoms with E-state index in [9.17, 15) is 14.9 Å². The van der Waals surface area contributed by atoms with Crippen LogP contribution in [-0.4, -0.2) is 43.6 Å². The second-order valence-electron chi connectivity index (χ2n) is 5.21. The molecule has 1 aliphatic rings. The molecule has 1 atom stereocenters. The number of carbonyl (C=O) groups is 1. The van der Waals surface area contributed by atoms with Gasteiger partial charge in [0.1, 0.15) is 5.69 Å². The lowest BCUT2D eigenvalue weighted by atomic mass is 10.1. The number of hydrogen-bond acceptors (Lipinski definition) is 5. The van der Waals surface area contributed by atoms with Crippen LogP contribution in [-0.2, 0) is 4.79 Å². The summed E-state index contributed by atoms with van der Waals surface area (Å²) in [4.78, 5) is 24.2. The molecular weight excluding hydrogens is 308 g/mol. The molecule has 0 aliphatic carbocycles. The van der Waals surface area contributed by atoms with E-state index in [0.717, 1.165) is 25.9 Å². The molecule has 1 fully saturated rings. The van der Waals surface area contributed by atoms with E-state index in [2.05, 4.69) is 10.6 Å². The van der Waals surface area contributed by atoms with Crippen LogP contribution in [0.4, 0.5) is 11.4 Å². The van der Waals surface area contributed by atoms with Gasteiger partial charge in [-0.25, -0.2) is 0 Å². The quantitative estimate of drug-likeness (QED) is 0.629. The minimum atomic E-state index is -0.436. The van der Waals surface area contributed by atoms with Crippen molar-refractivity contribution >= 4 is 29.7 Å². The minimum absolute atomic E-state index is 0. The average molecular weight is 329 g/mol. The fourth-order valence-corrected chi connectivity index (χ4v) is 2.49. The Morgan fingerprint density at radius 1 is 1.50 bits per heavy atom. The van der Waals surface area contributed by atoms with E-state index in [1.165, 1.54) is 6.07 Å². The van der Waals surface area contributed by atoms with Crippen molar-refractivity contribution in [3.8, 4) is 0 Å². The Bertz CT molecular complexity index is 521. The maximum Gasteiger partial charge on any atom is 0.292 e. The molecule has 2 N–H and O–H groups in total. The minimum Gasteiger partial charge on any atom is -0.360 e. The molecule has 1 aromatic rings. The van der Waals surface area contributed by atoms with Crippen molar-refractivity contribution < 1.29 is 9.72 Å². The summed E-state index contributed by atoms with van der Waals surface area (Å²) in [6, 6.07) is 6.57. The predicted molar refractivity (Wildman–Crippen MR) is 87.6 cm³/mol. The van der Waals surface area contributed by atoms with E-state index in [4.69, 9.17) is 0 Å². The molecule has 122 valence electrons. The first-order chi connectivity index (χ1) is 10.1. The van der Waals surface area contributed by atoms with Gasteiger partial charge in [-0.05, 0) is 25.5 Å². The molecule has 1 heterocycles. The molecule has 2 rings (SSSR count). The van der Waals surface area contributed by atoms with Crippen LogP contribution in [0.1, 0.15) is 12.8 Å². The highest BCUT2D eigenvalue weighted by molar-refractivity contribution is 5.85. The lowest BCUT2D eigenvalue weighted by Crippen LogP contribution is -2.48. The number of nitro groups is 1. The Balaban J connectivity index is 0.00000242. The molecule has 7 nitrogen and oxygen atoms in total. The highest BCUT2D eigenvalue weighted by Crippen LogP contribution is 2.26. The first kappa shape index (κ1) is 18.2. The number of piperidine rings is 1. The smallest absolute Gasteiger partial charge is 0.292 e. The van der Waals surface area contributed by atoms with Gasteiger partial charge < -0.3 is 15.5 Å². The molecule has 1 saturated heterocycles. The maximum atomic E-state index is 12.0. The summed E-state index contributed by atoms with van der Waals surface area (Å²) >= 11 is 0. The van der Waals surface area contributed by atoms with E-state index < -0.39 is 4.92 Å². The zero-order chi connectivity index (χ0) is 15.2. The molecule has 0 bridgehead atoms. The SMILES string of the molecule is CN(CC(=O)N[C@H]1CCCNC1)c1ccccc1[N+](=O)[O-].Cl. The summed E-state index contributed by atoms with van der Waals surface area (Å²) in [7, 11) is 1.68. The number of benzene rings is 1. The zero-order valence-electron chi connectivity index (χ0n) is 12.4. The first-order valence-corrected chi connectivity index (χ1v) is 7.02. The highest BCUT2D eigenvalue weighted by Gasteiger charge is 2.20. The summed E-state index contributed by atoms with van der Waals surface area (Å²) in [6.45, 7) is 1.87. The second kappa shape index (κ2) is 8.55. The summed E-state index contributed by atoms with van der Waals surface area (Å²) in [5.41, 5.74) is 0.451. The van der Waals surface area contributed by atoms with Crippen LogP contribution in [0.5, 0.6) is 0 Å². The van der Waals surface area contributed by atoms with Crippen molar-refractivity contribution in [2.45, 2.75) is 18.9 Å². The molecule has 0 unspecified atom stereocenters. The van der Waals surface area contributed by atoms with Gasteiger partial charge in [0.2, 0.25) is 5.91 Å². The van der Waals surface area contributed by atoms with Gasteiger partial charge in [-0.3, -0.25) is 14.9 Å². The van der Waals surface area contributed by atoms with Crippen LogP contribution >= 0.6 is 12.4 Å². The molecule has 1 aliphatic heterocycles. The van der Waals surface area contributed by atoms with Gasteiger partial charge >= 0.3 is 0 Å². The van der Waals surface area contributed by atoms with Gasteiger partial charge in [0.05, 0.1) is 11.5 Å². The summed E-state index contributed by atoms with van der Waals surface area (Å²) in [6.07, 6.45) is 2.01. The van der Waals surface area contributed by atoms with Gasteiger partial charge in [0.25, 0.3) is 5.69 Å². The lowest BCUT2D eigenvalue weighted by Gasteiger charge is -2.25. The predicted octanol–water partition coefficient (Wildman–Crippen LogP) is 1.32.